The molecule has 0 aliphatic carbocycles. The predicted octanol–water partition coefficient (Wildman–Crippen LogP) is 3.84. The molecule has 2 N–H and O–H groups in total. The van der Waals surface area contributed by atoms with Crippen molar-refractivity contribution in [3.63, 3.8) is 0 Å². The molecule has 134 valence electrons. The Morgan fingerprint density at radius 3 is 2.35 bits per heavy atom. The summed E-state index contributed by atoms with van der Waals surface area (Å²) in [5.74, 6) is 0. The van der Waals surface area contributed by atoms with Crippen molar-refractivity contribution in [1.82, 2.24) is 10.2 Å². The standard InChI is InChI=1S/C18H34N2O3/c1-3-4-5-6-7-8-9-10-11-12-13-17(19-2)16-20(14-15-21)18(22)23/h4-5,15,17,19H,3,6-14,16H2,1-2H3,(H,22,23)/b5-4-. The summed E-state index contributed by atoms with van der Waals surface area (Å²) in [6, 6.07) is 0.116. The zero-order valence-corrected chi connectivity index (χ0v) is 14.8. The lowest BCUT2D eigenvalue weighted by molar-refractivity contribution is -0.108. The van der Waals surface area contributed by atoms with Crippen LogP contribution in [-0.4, -0.2) is 48.6 Å². The van der Waals surface area contributed by atoms with Crippen molar-refractivity contribution < 1.29 is 14.7 Å². The molecule has 0 aromatic rings. The molecule has 0 heterocycles. The average Bonchev–Trinajstić information content (AvgIpc) is 2.54. The lowest BCUT2D eigenvalue weighted by Gasteiger charge is -2.23. The van der Waals surface area contributed by atoms with Gasteiger partial charge in [-0.25, -0.2) is 4.79 Å². The minimum atomic E-state index is -1.03. The van der Waals surface area contributed by atoms with Crippen LogP contribution in [0, 0.1) is 0 Å². The van der Waals surface area contributed by atoms with Crippen LogP contribution in [0.1, 0.15) is 64.7 Å². The molecular formula is C18H34N2O3. The van der Waals surface area contributed by atoms with Crippen LogP contribution in [0.25, 0.3) is 0 Å². The van der Waals surface area contributed by atoms with E-state index in [1.54, 1.807) is 0 Å². The minimum Gasteiger partial charge on any atom is -0.465 e. The summed E-state index contributed by atoms with van der Waals surface area (Å²) >= 11 is 0. The average molecular weight is 326 g/mol. The summed E-state index contributed by atoms with van der Waals surface area (Å²) < 4.78 is 0. The molecule has 0 rings (SSSR count). The Labute approximate surface area is 141 Å². The van der Waals surface area contributed by atoms with Gasteiger partial charge in [-0.2, -0.15) is 0 Å². The van der Waals surface area contributed by atoms with Gasteiger partial charge in [0, 0.05) is 12.6 Å². The van der Waals surface area contributed by atoms with E-state index in [-0.39, 0.29) is 12.6 Å². The Bertz CT molecular complexity index is 332. The second-order valence-electron chi connectivity index (χ2n) is 5.92. The van der Waals surface area contributed by atoms with Gasteiger partial charge in [0.05, 0.1) is 6.54 Å². The van der Waals surface area contributed by atoms with E-state index < -0.39 is 6.09 Å². The van der Waals surface area contributed by atoms with E-state index in [2.05, 4.69) is 24.4 Å². The largest absolute Gasteiger partial charge is 0.465 e. The van der Waals surface area contributed by atoms with Crippen molar-refractivity contribution in [2.45, 2.75) is 70.8 Å². The number of carboxylic acid groups (broad SMARTS) is 1. The Hall–Kier alpha value is -1.36. The maximum Gasteiger partial charge on any atom is 0.407 e. The van der Waals surface area contributed by atoms with Gasteiger partial charge < -0.3 is 15.2 Å². The lowest BCUT2D eigenvalue weighted by Crippen LogP contribution is -2.42. The van der Waals surface area contributed by atoms with E-state index >= 15 is 0 Å². The van der Waals surface area contributed by atoms with Crippen molar-refractivity contribution in [2.75, 3.05) is 20.1 Å². The minimum absolute atomic E-state index is 0.0556. The van der Waals surface area contributed by atoms with Crippen molar-refractivity contribution in [3.05, 3.63) is 12.2 Å². The third kappa shape index (κ3) is 12.8. The van der Waals surface area contributed by atoms with Crippen LogP contribution in [-0.2, 0) is 4.79 Å². The van der Waals surface area contributed by atoms with Gasteiger partial charge in [-0.1, -0.05) is 51.2 Å². The molecule has 5 nitrogen and oxygen atoms in total. The number of amides is 1. The van der Waals surface area contributed by atoms with Gasteiger partial charge in [0.2, 0.25) is 0 Å². The Kier molecular flexibility index (Phi) is 14.6. The fraction of sp³-hybridized carbons (Fsp3) is 0.778. The van der Waals surface area contributed by atoms with Crippen LogP contribution in [0.5, 0.6) is 0 Å². The number of allylic oxidation sites excluding steroid dienone is 2. The second kappa shape index (κ2) is 15.5. The van der Waals surface area contributed by atoms with Gasteiger partial charge in [0.15, 0.2) is 0 Å². The molecule has 1 unspecified atom stereocenters. The fourth-order valence-electron chi connectivity index (χ4n) is 2.56. The number of nitrogens with one attached hydrogen (secondary N) is 1. The number of likely N-dealkylation sites (N-methyl/N-ethyl adjacent to an activating group) is 1. The first kappa shape index (κ1) is 21.6. The molecule has 0 bridgehead atoms. The summed E-state index contributed by atoms with van der Waals surface area (Å²) in [6.45, 7) is 2.47. The van der Waals surface area contributed by atoms with Crippen molar-refractivity contribution >= 4 is 12.4 Å². The van der Waals surface area contributed by atoms with E-state index in [4.69, 9.17) is 5.11 Å². The highest BCUT2D eigenvalue weighted by atomic mass is 16.4. The molecule has 0 radical (unpaired) electrons. The molecule has 0 fully saturated rings. The van der Waals surface area contributed by atoms with Crippen molar-refractivity contribution in [2.24, 2.45) is 0 Å². The second-order valence-corrected chi connectivity index (χ2v) is 5.92. The quantitative estimate of drug-likeness (QED) is 0.272. The van der Waals surface area contributed by atoms with Crippen molar-refractivity contribution in [1.29, 1.82) is 0 Å². The molecule has 0 aromatic heterocycles. The molecule has 1 atom stereocenters. The normalized spacial score (nSPS) is 12.4. The van der Waals surface area contributed by atoms with Crippen molar-refractivity contribution in [3.8, 4) is 0 Å². The third-order valence-corrected chi connectivity index (χ3v) is 3.99. The number of carbonyl (C=O) groups excluding carboxylic acids is 1. The molecule has 0 spiro atoms. The van der Waals surface area contributed by atoms with E-state index in [0.29, 0.717) is 12.8 Å². The summed E-state index contributed by atoms with van der Waals surface area (Å²) in [6.07, 6.45) is 14.7. The van der Waals surface area contributed by atoms with Gasteiger partial charge in [-0.3, -0.25) is 4.90 Å². The monoisotopic (exact) mass is 326 g/mol. The molecule has 23 heavy (non-hydrogen) atoms. The first-order chi connectivity index (χ1) is 11.2. The van der Waals surface area contributed by atoms with E-state index in [1.807, 2.05) is 7.05 Å². The van der Waals surface area contributed by atoms with Gasteiger partial charge in [-0.15, -0.1) is 0 Å². The predicted molar refractivity (Wildman–Crippen MR) is 94.9 cm³/mol. The third-order valence-electron chi connectivity index (χ3n) is 3.99. The molecule has 0 aromatic carbocycles. The van der Waals surface area contributed by atoms with Crippen LogP contribution >= 0.6 is 0 Å². The molecule has 0 saturated heterocycles. The van der Waals surface area contributed by atoms with E-state index in [1.165, 1.54) is 38.5 Å². The van der Waals surface area contributed by atoms with Crippen LogP contribution in [0.15, 0.2) is 12.2 Å². The topological polar surface area (TPSA) is 69.6 Å². The smallest absolute Gasteiger partial charge is 0.407 e. The molecule has 0 aliphatic heterocycles. The van der Waals surface area contributed by atoms with Gasteiger partial charge in [0.1, 0.15) is 6.29 Å². The van der Waals surface area contributed by atoms with E-state index in [9.17, 15) is 9.59 Å². The fourth-order valence-corrected chi connectivity index (χ4v) is 2.56. The van der Waals surface area contributed by atoms with Crippen LogP contribution in [0.4, 0.5) is 4.79 Å². The zero-order chi connectivity index (χ0) is 17.3. The zero-order valence-electron chi connectivity index (χ0n) is 14.8. The maximum atomic E-state index is 11.0. The number of hydrogen-bond acceptors (Lipinski definition) is 3. The van der Waals surface area contributed by atoms with Gasteiger partial charge in [-0.05, 0) is 32.7 Å². The number of carbonyl (C=O) groups is 2. The van der Waals surface area contributed by atoms with Gasteiger partial charge in [0.25, 0.3) is 0 Å². The summed E-state index contributed by atoms with van der Waals surface area (Å²) in [4.78, 5) is 22.7. The van der Waals surface area contributed by atoms with E-state index in [0.717, 1.165) is 24.2 Å². The Balaban J connectivity index is 3.69. The number of unbranched alkanes of at least 4 members (excludes halogenated alkanes) is 6. The van der Waals surface area contributed by atoms with Crippen LogP contribution in [0.2, 0.25) is 0 Å². The number of rotatable bonds is 15. The number of nitrogens with zero attached hydrogens (tertiary/aromatic N) is 1. The number of aldehydes is 1. The molecule has 1 amide bonds. The summed E-state index contributed by atoms with van der Waals surface area (Å²) in [5, 5.41) is 12.2. The molecule has 5 heteroatoms. The molecule has 0 aliphatic rings. The Morgan fingerprint density at radius 1 is 1.13 bits per heavy atom. The number of hydrogen-bond donors (Lipinski definition) is 2. The highest BCUT2D eigenvalue weighted by Crippen LogP contribution is 2.11. The maximum absolute atomic E-state index is 11.0. The molecule has 0 saturated carbocycles. The van der Waals surface area contributed by atoms with Crippen LogP contribution < -0.4 is 5.32 Å². The SMILES string of the molecule is CC/C=C\CCCCCCCCC(CN(CC=O)C(=O)O)NC. The first-order valence-electron chi connectivity index (χ1n) is 8.89. The van der Waals surface area contributed by atoms with Gasteiger partial charge >= 0.3 is 6.09 Å². The lowest BCUT2D eigenvalue weighted by atomic mass is 10.0. The summed E-state index contributed by atoms with van der Waals surface area (Å²) in [7, 11) is 1.84. The highest BCUT2D eigenvalue weighted by Gasteiger charge is 2.16. The molecular weight excluding hydrogens is 292 g/mol. The first-order valence-corrected chi connectivity index (χ1v) is 8.89. The van der Waals surface area contributed by atoms with Crippen LogP contribution in [0.3, 0.4) is 0 Å². The Morgan fingerprint density at radius 2 is 1.78 bits per heavy atom. The summed E-state index contributed by atoms with van der Waals surface area (Å²) in [5.41, 5.74) is 0. The highest BCUT2D eigenvalue weighted by molar-refractivity contribution is 5.69.